The Labute approximate surface area is 168 Å². The zero-order valence-corrected chi connectivity index (χ0v) is 16.3. The molecule has 2 aromatic rings. The Morgan fingerprint density at radius 2 is 2.00 bits per heavy atom. The summed E-state index contributed by atoms with van der Waals surface area (Å²) in [5.74, 6) is 0.101. The van der Waals surface area contributed by atoms with Gasteiger partial charge in [0.05, 0.1) is 28.7 Å². The van der Waals surface area contributed by atoms with Crippen molar-refractivity contribution in [2.45, 2.75) is 20.3 Å². The van der Waals surface area contributed by atoms with Crippen LogP contribution in [0.15, 0.2) is 42.7 Å². The number of ether oxygens (including phenoxy) is 1. The van der Waals surface area contributed by atoms with Crippen molar-refractivity contribution in [3.05, 3.63) is 42.7 Å². The number of aromatic nitrogens is 1. The highest BCUT2D eigenvalue weighted by Gasteiger charge is 2.37. The molecular formula is C21H22N4O4. The Kier molecular flexibility index (Phi) is 4.70. The molecular weight excluding hydrogens is 372 g/mol. The maximum Gasteiger partial charge on any atom is 0.265 e. The number of anilines is 3. The van der Waals surface area contributed by atoms with Crippen molar-refractivity contribution in [3.8, 4) is 5.75 Å². The van der Waals surface area contributed by atoms with Crippen LogP contribution >= 0.6 is 0 Å². The summed E-state index contributed by atoms with van der Waals surface area (Å²) >= 11 is 0. The van der Waals surface area contributed by atoms with Gasteiger partial charge >= 0.3 is 0 Å². The van der Waals surface area contributed by atoms with Gasteiger partial charge in [-0.05, 0) is 32.0 Å². The number of pyridine rings is 1. The standard InChI is InChI=1S/C21H22N4O4/c1-21(2)13-25(16-11-22-9-7-14(16)23-20(21)28)18(26)8-10-24-15-5-3-4-6-17(15)29-12-19(24)27/h3-7,9,11H,8,10,12-13H2,1-2H3,(H,23,28). The van der Waals surface area contributed by atoms with Gasteiger partial charge in [-0.3, -0.25) is 19.4 Å². The molecule has 1 aromatic carbocycles. The minimum atomic E-state index is -0.768. The summed E-state index contributed by atoms with van der Waals surface area (Å²) in [6.07, 6.45) is 3.26. The van der Waals surface area contributed by atoms with Gasteiger partial charge in [-0.15, -0.1) is 0 Å². The number of carbonyl (C=O) groups excluding carboxylic acids is 3. The van der Waals surface area contributed by atoms with E-state index < -0.39 is 5.41 Å². The van der Waals surface area contributed by atoms with E-state index >= 15 is 0 Å². The van der Waals surface area contributed by atoms with Crippen LogP contribution in [0.2, 0.25) is 0 Å². The minimum absolute atomic E-state index is 0.0485. The molecule has 1 N–H and O–H groups in total. The summed E-state index contributed by atoms with van der Waals surface area (Å²) in [5, 5.41) is 2.87. The predicted molar refractivity (Wildman–Crippen MR) is 108 cm³/mol. The van der Waals surface area contributed by atoms with Crippen LogP contribution in [0, 0.1) is 5.41 Å². The molecule has 0 bridgehead atoms. The summed E-state index contributed by atoms with van der Waals surface area (Å²) in [5.41, 5.74) is 1.00. The molecule has 29 heavy (non-hydrogen) atoms. The Bertz CT molecular complexity index is 988. The van der Waals surface area contributed by atoms with Crippen molar-refractivity contribution in [3.63, 3.8) is 0 Å². The summed E-state index contributed by atoms with van der Waals surface area (Å²) in [6, 6.07) is 8.94. The van der Waals surface area contributed by atoms with E-state index in [-0.39, 0.29) is 43.8 Å². The summed E-state index contributed by atoms with van der Waals surface area (Å²) in [7, 11) is 0. The van der Waals surface area contributed by atoms with Crippen molar-refractivity contribution in [2.75, 3.05) is 34.8 Å². The number of amides is 3. The second-order valence-electron chi connectivity index (χ2n) is 7.76. The van der Waals surface area contributed by atoms with E-state index in [1.54, 1.807) is 54.2 Å². The maximum absolute atomic E-state index is 13.2. The average Bonchev–Trinajstić information content (AvgIpc) is 2.81. The minimum Gasteiger partial charge on any atom is -0.482 e. The molecule has 2 aliphatic rings. The van der Waals surface area contributed by atoms with Crippen LogP contribution in [0.25, 0.3) is 0 Å². The number of hydrogen-bond acceptors (Lipinski definition) is 5. The highest BCUT2D eigenvalue weighted by molar-refractivity contribution is 6.06. The molecule has 0 spiro atoms. The first kappa shape index (κ1) is 18.9. The van der Waals surface area contributed by atoms with Crippen molar-refractivity contribution < 1.29 is 19.1 Å². The quantitative estimate of drug-likeness (QED) is 0.862. The molecule has 0 radical (unpaired) electrons. The van der Waals surface area contributed by atoms with Crippen LogP contribution < -0.4 is 19.9 Å². The van der Waals surface area contributed by atoms with Gasteiger partial charge in [-0.1, -0.05) is 12.1 Å². The predicted octanol–water partition coefficient (Wildman–Crippen LogP) is 2.21. The number of nitrogens with zero attached hydrogens (tertiary/aromatic N) is 3. The molecule has 0 atom stereocenters. The zero-order chi connectivity index (χ0) is 20.6. The van der Waals surface area contributed by atoms with E-state index in [1.165, 1.54) is 0 Å². The monoisotopic (exact) mass is 394 g/mol. The highest BCUT2D eigenvalue weighted by atomic mass is 16.5. The summed E-state index contributed by atoms with van der Waals surface area (Å²) in [4.78, 5) is 45.3. The Morgan fingerprint density at radius 1 is 1.21 bits per heavy atom. The molecule has 3 heterocycles. The van der Waals surface area contributed by atoms with Crippen molar-refractivity contribution in [1.29, 1.82) is 0 Å². The second kappa shape index (κ2) is 7.20. The second-order valence-corrected chi connectivity index (χ2v) is 7.76. The van der Waals surface area contributed by atoms with E-state index in [0.717, 1.165) is 0 Å². The van der Waals surface area contributed by atoms with E-state index in [1.807, 2.05) is 12.1 Å². The van der Waals surface area contributed by atoms with Gasteiger partial charge < -0.3 is 19.9 Å². The lowest BCUT2D eigenvalue weighted by molar-refractivity contribution is -0.124. The molecule has 150 valence electrons. The smallest absolute Gasteiger partial charge is 0.265 e. The lowest BCUT2D eigenvalue weighted by Gasteiger charge is -2.31. The first-order valence-corrected chi connectivity index (χ1v) is 9.45. The van der Waals surface area contributed by atoms with Crippen LogP contribution in [0.5, 0.6) is 5.75 Å². The van der Waals surface area contributed by atoms with Gasteiger partial charge in [0.15, 0.2) is 6.61 Å². The lowest BCUT2D eigenvalue weighted by Crippen LogP contribution is -2.44. The zero-order valence-electron chi connectivity index (χ0n) is 16.3. The third-order valence-electron chi connectivity index (χ3n) is 5.17. The van der Waals surface area contributed by atoms with Crippen LogP contribution in [-0.2, 0) is 14.4 Å². The van der Waals surface area contributed by atoms with E-state index in [9.17, 15) is 14.4 Å². The van der Waals surface area contributed by atoms with Gasteiger partial charge in [0.25, 0.3) is 5.91 Å². The van der Waals surface area contributed by atoms with Crippen LogP contribution in [0.4, 0.5) is 17.1 Å². The molecule has 3 amide bonds. The lowest BCUT2D eigenvalue weighted by atomic mass is 9.92. The molecule has 0 aliphatic carbocycles. The van der Waals surface area contributed by atoms with Crippen molar-refractivity contribution in [1.82, 2.24) is 4.98 Å². The van der Waals surface area contributed by atoms with E-state index in [4.69, 9.17) is 4.74 Å². The molecule has 0 saturated carbocycles. The van der Waals surface area contributed by atoms with Gasteiger partial charge in [-0.2, -0.15) is 0 Å². The SMILES string of the molecule is CC1(C)CN(C(=O)CCN2C(=O)COc3ccccc32)c2cnccc2NC1=O. The largest absolute Gasteiger partial charge is 0.482 e. The van der Waals surface area contributed by atoms with Gasteiger partial charge in [-0.25, -0.2) is 0 Å². The molecule has 0 fully saturated rings. The fourth-order valence-electron chi connectivity index (χ4n) is 3.51. The molecule has 4 rings (SSSR count). The van der Waals surface area contributed by atoms with Crippen molar-refractivity contribution in [2.24, 2.45) is 5.41 Å². The van der Waals surface area contributed by atoms with Gasteiger partial charge in [0.1, 0.15) is 5.75 Å². The fourth-order valence-corrected chi connectivity index (χ4v) is 3.51. The Morgan fingerprint density at radius 3 is 2.83 bits per heavy atom. The number of para-hydroxylation sites is 2. The number of hydrogen-bond donors (Lipinski definition) is 1. The third-order valence-corrected chi connectivity index (χ3v) is 5.17. The van der Waals surface area contributed by atoms with Gasteiger partial charge in [0, 0.05) is 25.7 Å². The van der Waals surface area contributed by atoms with E-state index in [0.29, 0.717) is 22.8 Å². The van der Waals surface area contributed by atoms with Crippen LogP contribution in [0.1, 0.15) is 20.3 Å². The molecule has 8 heteroatoms. The number of fused-ring (bicyclic) bond motifs is 2. The number of rotatable bonds is 3. The summed E-state index contributed by atoms with van der Waals surface area (Å²) in [6.45, 7) is 4.00. The number of carbonyl (C=O) groups is 3. The van der Waals surface area contributed by atoms with Crippen LogP contribution in [-0.4, -0.2) is 42.4 Å². The van der Waals surface area contributed by atoms with Crippen LogP contribution in [0.3, 0.4) is 0 Å². The third kappa shape index (κ3) is 3.53. The Balaban J connectivity index is 1.57. The maximum atomic E-state index is 13.2. The molecule has 2 aliphatic heterocycles. The molecule has 8 nitrogen and oxygen atoms in total. The Hall–Kier alpha value is -3.42. The first-order chi connectivity index (χ1) is 13.9. The molecule has 0 unspecified atom stereocenters. The van der Waals surface area contributed by atoms with Crippen molar-refractivity contribution >= 4 is 34.8 Å². The normalized spacial score (nSPS) is 17.6. The summed E-state index contributed by atoms with van der Waals surface area (Å²) < 4.78 is 5.45. The average molecular weight is 394 g/mol. The topological polar surface area (TPSA) is 91.8 Å². The number of benzene rings is 1. The van der Waals surface area contributed by atoms with E-state index in [2.05, 4.69) is 10.3 Å². The molecule has 1 aromatic heterocycles. The molecule has 0 saturated heterocycles. The van der Waals surface area contributed by atoms with Gasteiger partial charge in [0.2, 0.25) is 11.8 Å². The fraction of sp³-hybridized carbons (Fsp3) is 0.333. The first-order valence-electron chi connectivity index (χ1n) is 9.45. The highest BCUT2D eigenvalue weighted by Crippen LogP contribution is 2.35. The number of nitrogens with one attached hydrogen (secondary N) is 1.